The second kappa shape index (κ2) is 7.80. The molecule has 3 heterocycles. The Balaban J connectivity index is 1.39. The number of nitrogens with zero attached hydrogens (tertiary/aromatic N) is 4. The van der Waals surface area contributed by atoms with E-state index in [-0.39, 0.29) is 18.0 Å². The van der Waals surface area contributed by atoms with Crippen molar-refractivity contribution in [1.29, 1.82) is 0 Å². The van der Waals surface area contributed by atoms with Crippen LogP contribution in [-0.2, 0) is 17.9 Å². The Kier molecular flexibility index (Phi) is 5.06. The second-order valence-corrected chi connectivity index (χ2v) is 7.14. The second-order valence-electron chi connectivity index (χ2n) is 7.14. The summed E-state index contributed by atoms with van der Waals surface area (Å²) in [4.78, 5) is 36.0. The Labute approximate surface area is 163 Å². The first-order chi connectivity index (χ1) is 13.6. The summed E-state index contributed by atoms with van der Waals surface area (Å²) in [6, 6.07) is 9.44. The summed E-state index contributed by atoms with van der Waals surface area (Å²) in [7, 11) is 0. The van der Waals surface area contributed by atoms with Crippen molar-refractivity contribution in [1.82, 2.24) is 19.9 Å². The largest absolute Gasteiger partial charge is 0.357 e. The van der Waals surface area contributed by atoms with Crippen molar-refractivity contribution >= 4 is 22.6 Å². The fourth-order valence-electron chi connectivity index (χ4n) is 3.52. The number of rotatable bonds is 5. The molecule has 0 unspecified atom stereocenters. The highest BCUT2D eigenvalue weighted by molar-refractivity contribution is 5.81. The smallest absolute Gasteiger partial charge is 0.261 e. The van der Waals surface area contributed by atoms with Crippen LogP contribution in [0.4, 0.5) is 5.82 Å². The molecule has 1 saturated heterocycles. The van der Waals surface area contributed by atoms with Crippen LogP contribution in [-0.4, -0.2) is 33.5 Å². The van der Waals surface area contributed by atoms with Crippen LogP contribution in [0.25, 0.3) is 10.9 Å². The highest BCUT2D eigenvalue weighted by Crippen LogP contribution is 2.17. The van der Waals surface area contributed by atoms with Gasteiger partial charge in [0.2, 0.25) is 5.91 Å². The van der Waals surface area contributed by atoms with Gasteiger partial charge in [0, 0.05) is 25.8 Å². The van der Waals surface area contributed by atoms with E-state index >= 15 is 0 Å². The average molecular weight is 377 g/mol. The first kappa shape index (κ1) is 18.2. The van der Waals surface area contributed by atoms with Crippen molar-refractivity contribution in [2.24, 2.45) is 0 Å². The van der Waals surface area contributed by atoms with E-state index in [2.05, 4.69) is 20.2 Å². The first-order valence-corrected chi connectivity index (χ1v) is 9.53. The van der Waals surface area contributed by atoms with Crippen LogP contribution in [0.1, 0.15) is 24.0 Å². The predicted molar refractivity (Wildman–Crippen MR) is 108 cm³/mol. The van der Waals surface area contributed by atoms with Gasteiger partial charge in [-0.1, -0.05) is 18.2 Å². The summed E-state index contributed by atoms with van der Waals surface area (Å²) in [6.45, 7) is 4.33. The minimum Gasteiger partial charge on any atom is -0.357 e. The maximum absolute atomic E-state index is 12.6. The Morgan fingerprint density at radius 2 is 1.96 bits per heavy atom. The van der Waals surface area contributed by atoms with Crippen molar-refractivity contribution in [2.75, 3.05) is 18.0 Å². The number of fused-ring (bicyclic) bond motifs is 1. The molecule has 0 bridgehead atoms. The zero-order valence-corrected chi connectivity index (χ0v) is 15.9. The van der Waals surface area contributed by atoms with Gasteiger partial charge in [0.05, 0.1) is 17.2 Å². The van der Waals surface area contributed by atoms with Gasteiger partial charge in [-0.05, 0) is 43.0 Å². The average Bonchev–Trinajstić information content (AvgIpc) is 3.24. The molecule has 7 heteroatoms. The number of hydrogen-bond donors (Lipinski definition) is 1. The monoisotopic (exact) mass is 377 g/mol. The molecule has 0 aliphatic carbocycles. The zero-order valence-electron chi connectivity index (χ0n) is 15.9. The first-order valence-electron chi connectivity index (χ1n) is 9.53. The molecule has 144 valence electrons. The molecule has 1 aliphatic heterocycles. The van der Waals surface area contributed by atoms with E-state index in [0.29, 0.717) is 17.4 Å². The predicted octanol–water partition coefficient (Wildman–Crippen LogP) is 2.02. The van der Waals surface area contributed by atoms with Crippen LogP contribution in [0.15, 0.2) is 47.7 Å². The Morgan fingerprint density at radius 3 is 2.71 bits per heavy atom. The van der Waals surface area contributed by atoms with Crippen molar-refractivity contribution < 1.29 is 4.79 Å². The van der Waals surface area contributed by atoms with Gasteiger partial charge in [0.1, 0.15) is 12.4 Å². The van der Waals surface area contributed by atoms with Gasteiger partial charge >= 0.3 is 0 Å². The number of aryl methyl sites for hydroxylation is 1. The van der Waals surface area contributed by atoms with Gasteiger partial charge < -0.3 is 10.2 Å². The third-order valence-electron chi connectivity index (χ3n) is 5.10. The fourth-order valence-corrected chi connectivity index (χ4v) is 3.52. The van der Waals surface area contributed by atoms with Crippen molar-refractivity contribution in [2.45, 2.75) is 32.9 Å². The van der Waals surface area contributed by atoms with E-state index in [1.54, 1.807) is 12.3 Å². The molecule has 2 aromatic heterocycles. The van der Waals surface area contributed by atoms with Crippen molar-refractivity contribution in [3.8, 4) is 0 Å². The van der Waals surface area contributed by atoms with Crippen LogP contribution >= 0.6 is 0 Å². The number of nitrogens with one attached hydrogen (secondary N) is 1. The number of hydrogen-bond acceptors (Lipinski definition) is 5. The normalized spacial score (nSPS) is 13.8. The van der Waals surface area contributed by atoms with E-state index < -0.39 is 0 Å². The summed E-state index contributed by atoms with van der Waals surface area (Å²) in [5.41, 5.74) is 2.33. The Hall–Kier alpha value is -3.22. The van der Waals surface area contributed by atoms with E-state index in [1.165, 1.54) is 23.7 Å². The number of para-hydroxylation sites is 1. The maximum atomic E-state index is 12.6. The minimum absolute atomic E-state index is 0.0605. The van der Waals surface area contributed by atoms with Crippen LogP contribution in [0.2, 0.25) is 0 Å². The van der Waals surface area contributed by atoms with Gasteiger partial charge in [-0.25, -0.2) is 9.97 Å². The molecule has 1 aliphatic rings. The molecule has 1 aromatic carbocycles. The summed E-state index contributed by atoms with van der Waals surface area (Å²) >= 11 is 0. The molecular formula is C21H23N5O2. The molecule has 3 aromatic rings. The van der Waals surface area contributed by atoms with Crippen LogP contribution in [0.3, 0.4) is 0 Å². The van der Waals surface area contributed by atoms with Gasteiger partial charge in [-0.15, -0.1) is 0 Å². The molecule has 1 N–H and O–H groups in total. The van der Waals surface area contributed by atoms with E-state index in [1.807, 2.05) is 31.2 Å². The quantitative estimate of drug-likeness (QED) is 0.736. The number of carbonyl (C=O) groups excluding carboxylic acids is 1. The van der Waals surface area contributed by atoms with Crippen LogP contribution < -0.4 is 15.8 Å². The summed E-state index contributed by atoms with van der Waals surface area (Å²) in [5, 5.41) is 3.37. The third-order valence-corrected chi connectivity index (χ3v) is 5.10. The van der Waals surface area contributed by atoms with E-state index in [9.17, 15) is 9.59 Å². The molecular weight excluding hydrogens is 354 g/mol. The van der Waals surface area contributed by atoms with Gasteiger partial charge in [0.25, 0.3) is 5.56 Å². The lowest BCUT2D eigenvalue weighted by Gasteiger charge is -2.16. The Morgan fingerprint density at radius 1 is 1.14 bits per heavy atom. The van der Waals surface area contributed by atoms with E-state index in [0.717, 1.165) is 30.0 Å². The van der Waals surface area contributed by atoms with Crippen LogP contribution in [0, 0.1) is 6.92 Å². The number of carbonyl (C=O) groups is 1. The number of amides is 1. The molecule has 0 saturated carbocycles. The molecule has 1 amide bonds. The van der Waals surface area contributed by atoms with Gasteiger partial charge in [-0.3, -0.25) is 14.2 Å². The fraction of sp³-hybridized carbons (Fsp3) is 0.333. The highest BCUT2D eigenvalue weighted by atomic mass is 16.2. The number of pyridine rings is 1. The van der Waals surface area contributed by atoms with Crippen molar-refractivity contribution in [3.63, 3.8) is 0 Å². The molecule has 7 nitrogen and oxygen atoms in total. The molecule has 4 rings (SSSR count). The molecule has 28 heavy (non-hydrogen) atoms. The lowest BCUT2D eigenvalue weighted by Crippen LogP contribution is -2.32. The third kappa shape index (κ3) is 3.74. The molecule has 1 fully saturated rings. The summed E-state index contributed by atoms with van der Waals surface area (Å²) in [6.07, 6.45) is 5.65. The number of anilines is 1. The molecule has 0 atom stereocenters. The SMILES string of the molecule is Cc1cccc2c(=O)n(CC(=O)NCc3ccc(N4CCCC4)nc3)cnc12. The Bertz CT molecular complexity index is 1050. The van der Waals surface area contributed by atoms with Gasteiger partial charge in [-0.2, -0.15) is 0 Å². The topological polar surface area (TPSA) is 80.1 Å². The van der Waals surface area contributed by atoms with Crippen molar-refractivity contribution in [3.05, 3.63) is 64.3 Å². The molecule has 0 spiro atoms. The molecule has 0 radical (unpaired) electrons. The van der Waals surface area contributed by atoms with Crippen LogP contribution in [0.5, 0.6) is 0 Å². The minimum atomic E-state index is -0.237. The zero-order chi connectivity index (χ0) is 19.5. The highest BCUT2D eigenvalue weighted by Gasteiger charge is 2.13. The summed E-state index contributed by atoms with van der Waals surface area (Å²) in [5.74, 6) is 0.746. The lowest BCUT2D eigenvalue weighted by atomic mass is 10.1. The van der Waals surface area contributed by atoms with Gasteiger partial charge in [0.15, 0.2) is 0 Å². The summed E-state index contributed by atoms with van der Waals surface area (Å²) < 4.78 is 1.34. The standard InChI is InChI=1S/C21H23N5O2/c1-15-5-4-6-17-20(15)24-14-26(21(17)28)13-19(27)23-12-16-7-8-18(22-11-16)25-9-2-3-10-25/h4-8,11,14H,2-3,9-10,12-13H2,1H3,(H,23,27). The number of benzene rings is 1. The lowest BCUT2D eigenvalue weighted by molar-refractivity contribution is -0.121. The van der Waals surface area contributed by atoms with E-state index in [4.69, 9.17) is 0 Å². The number of aromatic nitrogens is 3. The maximum Gasteiger partial charge on any atom is 0.261 e.